The Bertz CT molecular complexity index is 1020. The molecule has 3 aromatic rings. The lowest BCUT2D eigenvalue weighted by Crippen LogP contribution is -2.23. The van der Waals surface area contributed by atoms with Gasteiger partial charge in [-0.05, 0) is 56.9 Å². The molecule has 3 heterocycles. The van der Waals surface area contributed by atoms with Crippen LogP contribution >= 0.6 is 0 Å². The van der Waals surface area contributed by atoms with Crippen molar-refractivity contribution in [3.63, 3.8) is 0 Å². The summed E-state index contributed by atoms with van der Waals surface area (Å²) in [5, 5.41) is 0. The van der Waals surface area contributed by atoms with E-state index in [2.05, 4.69) is 54.6 Å². The number of fused-ring (bicyclic) bond motifs is 2. The molecule has 0 saturated carbocycles. The van der Waals surface area contributed by atoms with Crippen molar-refractivity contribution in [2.24, 2.45) is 0 Å². The van der Waals surface area contributed by atoms with Crippen LogP contribution in [-0.2, 0) is 11.2 Å². The quantitative estimate of drug-likeness (QED) is 0.534. The van der Waals surface area contributed by atoms with E-state index in [4.69, 9.17) is 4.74 Å². The number of ether oxygens (including phenoxy) is 1. The maximum Gasteiger partial charge on any atom is 0.355 e. The molecule has 1 aliphatic heterocycles. The number of H-pyrrole nitrogens is 1. The number of aromatic amines is 1. The summed E-state index contributed by atoms with van der Waals surface area (Å²) < 4.78 is 7.73. The molecule has 140 valence electrons. The molecule has 0 bridgehead atoms. The van der Waals surface area contributed by atoms with Gasteiger partial charge in [-0.1, -0.05) is 30.3 Å². The zero-order valence-electron chi connectivity index (χ0n) is 16.6. The molecule has 1 aliphatic rings. The molecule has 0 radical (unpaired) electrons. The van der Waals surface area contributed by atoms with Crippen LogP contribution in [0, 0.1) is 27.7 Å². The van der Waals surface area contributed by atoms with Gasteiger partial charge in [0.2, 0.25) is 0 Å². The van der Waals surface area contributed by atoms with Crippen LogP contribution in [0.1, 0.15) is 68.4 Å². The first kappa shape index (κ1) is 17.7. The standard InChI is InChI=1S/C23H26N2O2/c1-6-27-23(26)21-15(4)20-18(24-21)12-19-14(3)13(2)16(5)25(19)22(20)17-10-8-7-9-11-17/h7-11,22,24H,6,12H2,1-5H3. The van der Waals surface area contributed by atoms with Crippen molar-refractivity contribution in [3.05, 3.63) is 80.9 Å². The van der Waals surface area contributed by atoms with Gasteiger partial charge in [0.15, 0.2) is 0 Å². The maximum absolute atomic E-state index is 12.5. The SMILES string of the molecule is CCOC(=O)c1[nH]c2c(c1C)C(c1ccccc1)n1c(C)c(C)c(C)c1C2. The lowest BCUT2D eigenvalue weighted by Gasteiger charge is -2.30. The van der Waals surface area contributed by atoms with Crippen molar-refractivity contribution in [3.8, 4) is 0 Å². The number of carbonyl (C=O) groups excluding carboxylic acids is 1. The monoisotopic (exact) mass is 362 g/mol. The van der Waals surface area contributed by atoms with Gasteiger partial charge >= 0.3 is 5.97 Å². The molecule has 0 aliphatic carbocycles. The number of carbonyl (C=O) groups is 1. The highest BCUT2D eigenvalue weighted by atomic mass is 16.5. The summed E-state index contributed by atoms with van der Waals surface area (Å²) in [7, 11) is 0. The number of rotatable bonds is 3. The van der Waals surface area contributed by atoms with Crippen molar-refractivity contribution in [1.29, 1.82) is 0 Å². The van der Waals surface area contributed by atoms with E-state index in [1.165, 1.54) is 33.6 Å². The summed E-state index contributed by atoms with van der Waals surface area (Å²) in [6, 6.07) is 10.6. The summed E-state index contributed by atoms with van der Waals surface area (Å²) in [6.45, 7) is 10.8. The van der Waals surface area contributed by atoms with Crippen LogP contribution in [0.2, 0.25) is 0 Å². The van der Waals surface area contributed by atoms with Crippen LogP contribution in [0.4, 0.5) is 0 Å². The van der Waals surface area contributed by atoms with E-state index in [-0.39, 0.29) is 12.0 Å². The molecule has 4 rings (SSSR count). The molecule has 27 heavy (non-hydrogen) atoms. The van der Waals surface area contributed by atoms with E-state index < -0.39 is 0 Å². The van der Waals surface area contributed by atoms with Crippen molar-refractivity contribution < 1.29 is 9.53 Å². The Morgan fingerprint density at radius 3 is 2.48 bits per heavy atom. The summed E-state index contributed by atoms with van der Waals surface area (Å²) in [4.78, 5) is 15.9. The van der Waals surface area contributed by atoms with Crippen LogP contribution in [0.25, 0.3) is 0 Å². The van der Waals surface area contributed by atoms with Crippen LogP contribution < -0.4 is 0 Å². The highest BCUT2D eigenvalue weighted by molar-refractivity contribution is 5.90. The molecule has 1 atom stereocenters. The van der Waals surface area contributed by atoms with Crippen LogP contribution in [0.3, 0.4) is 0 Å². The zero-order chi connectivity index (χ0) is 19.3. The predicted molar refractivity (Wildman–Crippen MR) is 107 cm³/mol. The van der Waals surface area contributed by atoms with Gasteiger partial charge in [0.25, 0.3) is 0 Å². The molecule has 0 saturated heterocycles. The lowest BCUT2D eigenvalue weighted by atomic mass is 9.90. The fourth-order valence-electron chi connectivity index (χ4n) is 4.46. The molecule has 0 spiro atoms. The fourth-order valence-corrected chi connectivity index (χ4v) is 4.46. The first-order valence-electron chi connectivity index (χ1n) is 9.55. The summed E-state index contributed by atoms with van der Waals surface area (Å²) in [6.07, 6.45) is 0.805. The van der Waals surface area contributed by atoms with Gasteiger partial charge in [0, 0.05) is 29.1 Å². The van der Waals surface area contributed by atoms with E-state index in [0.29, 0.717) is 12.3 Å². The van der Waals surface area contributed by atoms with E-state index in [0.717, 1.165) is 17.7 Å². The summed E-state index contributed by atoms with van der Waals surface area (Å²) in [5.41, 5.74) is 10.4. The number of hydrogen-bond acceptors (Lipinski definition) is 2. The third-order valence-corrected chi connectivity index (χ3v) is 6.04. The highest BCUT2D eigenvalue weighted by Crippen LogP contribution is 2.42. The Hall–Kier alpha value is -2.75. The average molecular weight is 362 g/mol. The molecule has 2 aromatic heterocycles. The molecule has 1 N–H and O–H groups in total. The molecule has 4 nitrogen and oxygen atoms in total. The molecule has 1 unspecified atom stereocenters. The largest absolute Gasteiger partial charge is 0.461 e. The fraction of sp³-hybridized carbons (Fsp3) is 0.348. The third-order valence-electron chi connectivity index (χ3n) is 6.04. The van der Waals surface area contributed by atoms with Gasteiger partial charge in [-0.3, -0.25) is 0 Å². The third kappa shape index (κ3) is 2.54. The molecular formula is C23H26N2O2. The van der Waals surface area contributed by atoms with Gasteiger partial charge < -0.3 is 14.3 Å². The Balaban J connectivity index is 1.98. The smallest absolute Gasteiger partial charge is 0.355 e. The normalized spacial score (nSPS) is 15.4. The Kier molecular flexibility index (Phi) is 4.22. The van der Waals surface area contributed by atoms with E-state index in [1.807, 2.05) is 19.9 Å². The number of nitrogens with zero attached hydrogens (tertiary/aromatic N) is 1. The number of hydrogen-bond donors (Lipinski definition) is 1. The topological polar surface area (TPSA) is 47.0 Å². The molecule has 0 fully saturated rings. The second-order valence-electron chi connectivity index (χ2n) is 7.38. The number of nitrogens with one attached hydrogen (secondary N) is 1. The molecule has 4 heteroatoms. The molecule has 0 amide bonds. The van der Waals surface area contributed by atoms with Gasteiger partial charge in [-0.25, -0.2) is 4.79 Å². The number of esters is 1. The number of benzene rings is 1. The first-order valence-corrected chi connectivity index (χ1v) is 9.55. The van der Waals surface area contributed by atoms with E-state index >= 15 is 0 Å². The zero-order valence-corrected chi connectivity index (χ0v) is 16.6. The van der Waals surface area contributed by atoms with Crippen LogP contribution in [0.5, 0.6) is 0 Å². The van der Waals surface area contributed by atoms with Crippen molar-refractivity contribution in [2.45, 2.75) is 47.1 Å². The Labute approximate surface area is 160 Å². The Morgan fingerprint density at radius 2 is 1.81 bits per heavy atom. The summed E-state index contributed by atoms with van der Waals surface area (Å²) >= 11 is 0. The van der Waals surface area contributed by atoms with Crippen molar-refractivity contribution in [2.75, 3.05) is 6.61 Å². The van der Waals surface area contributed by atoms with E-state index in [9.17, 15) is 4.79 Å². The minimum absolute atomic E-state index is 0.0665. The molecular weight excluding hydrogens is 336 g/mol. The first-order chi connectivity index (χ1) is 13.0. The predicted octanol–water partition coefficient (Wildman–Crippen LogP) is 4.77. The van der Waals surface area contributed by atoms with Gasteiger partial charge in [-0.15, -0.1) is 0 Å². The minimum Gasteiger partial charge on any atom is -0.461 e. The highest BCUT2D eigenvalue weighted by Gasteiger charge is 2.35. The summed E-state index contributed by atoms with van der Waals surface area (Å²) in [5.74, 6) is -0.273. The average Bonchev–Trinajstić information content (AvgIpc) is 3.11. The van der Waals surface area contributed by atoms with Crippen LogP contribution in [-0.4, -0.2) is 22.1 Å². The molecule has 1 aromatic carbocycles. The second-order valence-corrected chi connectivity index (χ2v) is 7.38. The minimum atomic E-state index is -0.273. The second kappa shape index (κ2) is 6.45. The van der Waals surface area contributed by atoms with Crippen molar-refractivity contribution >= 4 is 5.97 Å². The van der Waals surface area contributed by atoms with E-state index in [1.54, 1.807) is 0 Å². The lowest BCUT2D eigenvalue weighted by molar-refractivity contribution is 0.0519. The van der Waals surface area contributed by atoms with Gasteiger partial charge in [-0.2, -0.15) is 0 Å². The number of aromatic nitrogens is 2. The Morgan fingerprint density at radius 1 is 1.11 bits per heavy atom. The van der Waals surface area contributed by atoms with Crippen molar-refractivity contribution in [1.82, 2.24) is 9.55 Å². The maximum atomic E-state index is 12.5. The van der Waals surface area contributed by atoms with Gasteiger partial charge in [0.1, 0.15) is 5.69 Å². The van der Waals surface area contributed by atoms with Gasteiger partial charge in [0.05, 0.1) is 12.6 Å². The van der Waals surface area contributed by atoms with Crippen LogP contribution in [0.15, 0.2) is 30.3 Å².